The summed E-state index contributed by atoms with van der Waals surface area (Å²) in [4.78, 5) is 8.18. The van der Waals surface area contributed by atoms with Gasteiger partial charge in [0.15, 0.2) is 0 Å². The summed E-state index contributed by atoms with van der Waals surface area (Å²) >= 11 is 6.69. The SMILES string of the molecule is CC(C)Oc1ccccc1-c1cc2nc(C(CO)c3ccc(OCC4CC4)cc3)[nH]c2cc1Cl. The summed E-state index contributed by atoms with van der Waals surface area (Å²) in [6.07, 6.45) is 2.58. The van der Waals surface area contributed by atoms with Crippen LogP contribution in [0.15, 0.2) is 60.7 Å². The first-order valence-electron chi connectivity index (χ1n) is 11.8. The summed E-state index contributed by atoms with van der Waals surface area (Å²) < 4.78 is 11.8. The second-order valence-electron chi connectivity index (χ2n) is 9.19. The van der Waals surface area contributed by atoms with Crippen molar-refractivity contribution in [1.82, 2.24) is 9.97 Å². The number of imidazole rings is 1. The van der Waals surface area contributed by atoms with Gasteiger partial charge >= 0.3 is 0 Å². The summed E-state index contributed by atoms with van der Waals surface area (Å²) in [5.74, 6) is 2.77. The van der Waals surface area contributed by atoms with E-state index in [1.807, 2.05) is 74.5 Å². The van der Waals surface area contributed by atoms with Gasteiger partial charge in [0, 0.05) is 11.1 Å². The summed E-state index contributed by atoms with van der Waals surface area (Å²) in [6.45, 7) is 4.72. The third kappa shape index (κ3) is 4.91. The number of para-hydroxylation sites is 1. The van der Waals surface area contributed by atoms with Crippen molar-refractivity contribution in [3.8, 4) is 22.6 Å². The molecule has 1 aliphatic carbocycles. The van der Waals surface area contributed by atoms with Crippen LogP contribution < -0.4 is 9.47 Å². The van der Waals surface area contributed by atoms with E-state index >= 15 is 0 Å². The molecule has 176 valence electrons. The van der Waals surface area contributed by atoms with Crippen molar-refractivity contribution in [2.45, 2.75) is 38.7 Å². The molecule has 34 heavy (non-hydrogen) atoms. The molecule has 1 fully saturated rings. The lowest BCUT2D eigenvalue weighted by atomic mass is 9.99. The third-order valence-corrected chi connectivity index (χ3v) is 6.42. The summed E-state index contributed by atoms with van der Waals surface area (Å²) in [5.41, 5.74) is 4.38. The van der Waals surface area contributed by atoms with Crippen LogP contribution in [0.3, 0.4) is 0 Å². The normalized spacial score (nSPS) is 14.5. The molecule has 5 rings (SSSR count). The van der Waals surface area contributed by atoms with E-state index in [4.69, 9.17) is 26.1 Å². The van der Waals surface area contributed by atoms with E-state index in [1.165, 1.54) is 12.8 Å². The molecule has 1 unspecified atom stereocenters. The lowest BCUT2D eigenvalue weighted by Gasteiger charge is -2.15. The number of aromatic amines is 1. The van der Waals surface area contributed by atoms with Crippen LogP contribution in [0.25, 0.3) is 22.2 Å². The van der Waals surface area contributed by atoms with Crippen molar-refractivity contribution in [1.29, 1.82) is 0 Å². The Kier molecular flexibility index (Phi) is 6.48. The first-order chi connectivity index (χ1) is 16.5. The zero-order valence-electron chi connectivity index (χ0n) is 19.4. The summed E-state index contributed by atoms with van der Waals surface area (Å²) in [7, 11) is 0. The maximum Gasteiger partial charge on any atom is 0.127 e. The molecular weight excluding hydrogens is 448 g/mol. The standard InChI is InChI=1S/C28H29ClN2O3/c1-17(2)34-27-6-4-3-5-21(27)22-13-25-26(14-24(22)29)31-28(30-25)23(15-32)19-9-11-20(12-10-19)33-16-18-7-8-18/h3-6,9-14,17-18,23,32H,7-8,15-16H2,1-2H3,(H,30,31). The van der Waals surface area contributed by atoms with Gasteiger partial charge in [0.25, 0.3) is 0 Å². The number of hydrogen-bond donors (Lipinski definition) is 2. The predicted octanol–water partition coefficient (Wildman–Crippen LogP) is 6.58. The van der Waals surface area contributed by atoms with E-state index in [2.05, 4.69) is 4.98 Å². The highest BCUT2D eigenvalue weighted by molar-refractivity contribution is 6.34. The monoisotopic (exact) mass is 476 g/mol. The maximum absolute atomic E-state index is 10.2. The van der Waals surface area contributed by atoms with Gasteiger partial charge in [-0.05, 0) is 68.5 Å². The Morgan fingerprint density at radius 2 is 1.82 bits per heavy atom. The van der Waals surface area contributed by atoms with Gasteiger partial charge in [0.1, 0.15) is 17.3 Å². The number of fused-ring (bicyclic) bond motifs is 1. The molecule has 0 radical (unpaired) electrons. The number of benzene rings is 3. The second kappa shape index (κ2) is 9.69. The van der Waals surface area contributed by atoms with Gasteiger partial charge < -0.3 is 19.6 Å². The molecule has 1 saturated carbocycles. The quantitative estimate of drug-likeness (QED) is 0.286. The smallest absolute Gasteiger partial charge is 0.127 e. The van der Waals surface area contributed by atoms with Crippen molar-refractivity contribution in [3.05, 3.63) is 77.1 Å². The lowest BCUT2D eigenvalue weighted by molar-refractivity contribution is 0.243. The van der Waals surface area contributed by atoms with Gasteiger partial charge in [0.05, 0.1) is 41.3 Å². The minimum atomic E-state index is -0.274. The molecule has 5 nitrogen and oxygen atoms in total. The molecule has 0 spiro atoms. The zero-order valence-corrected chi connectivity index (χ0v) is 20.2. The molecule has 0 bridgehead atoms. The minimum absolute atomic E-state index is 0.0523. The number of hydrogen-bond acceptors (Lipinski definition) is 4. The van der Waals surface area contributed by atoms with Crippen LogP contribution in [0.4, 0.5) is 0 Å². The molecule has 1 atom stereocenters. The van der Waals surface area contributed by atoms with Crippen LogP contribution in [0.1, 0.15) is 44.0 Å². The van der Waals surface area contributed by atoms with Gasteiger partial charge in [-0.2, -0.15) is 0 Å². The lowest BCUT2D eigenvalue weighted by Crippen LogP contribution is -2.08. The van der Waals surface area contributed by atoms with Crippen molar-refractivity contribution >= 4 is 22.6 Å². The summed E-state index contributed by atoms with van der Waals surface area (Å²) in [5, 5.41) is 10.8. The molecule has 1 heterocycles. The Morgan fingerprint density at radius 1 is 1.06 bits per heavy atom. The maximum atomic E-state index is 10.2. The third-order valence-electron chi connectivity index (χ3n) is 6.11. The highest BCUT2D eigenvalue weighted by Crippen LogP contribution is 2.38. The number of aliphatic hydroxyl groups excluding tert-OH is 1. The highest BCUT2D eigenvalue weighted by atomic mass is 35.5. The molecule has 4 aromatic rings. The number of aromatic nitrogens is 2. The number of H-pyrrole nitrogens is 1. The number of halogens is 1. The molecule has 1 aromatic heterocycles. The highest BCUT2D eigenvalue weighted by Gasteiger charge is 2.22. The van der Waals surface area contributed by atoms with Gasteiger partial charge in [-0.15, -0.1) is 0 Å². The average Bonchev–Trinajstić information content (AvgIpc) is 3.57. The van der Waals surface area contributed by atoms with E-state index in [9.17, 15) is 5.11 Å². The topological polar surface area (TPSA) is 67.4 Å². The van der Waals surface area contributed by atoms with Gasteiger partial charge in [-0.25, -0.2) is 4.98 Å². The Balaban J connectivity index is 1.44. The van der Waals surface area contributed by atoms with E-state index in [1.54, 1.807) is 0 Å². The van der Waals surface area contributed by atoms with E-state index in [-0.39, 0.29) is 18.6 Å². The largest absolute Gasteiger partial charge is 0.493 e. The predicted molar refractivity (Wildman–Crippen MR) is 136 cm³/mol. The van der Waals surface area contributed by atoms with E-state index in [0.717, 1.165) is 45.8 Å². The Hall–Kier alpha value is -3.02. The van der Waals surface area contributed by atoms with Crippen LogP contribution in [-0.4, -0.2) is 34.4 Å². The van der Waals surface area contributed by atoms with Crippen LogP contribution in [-0.2, 0) is 0 Å². The van der Waals surface area contributed by atoms with Crippen LogP contribution >= 0.6 is 11.6 Å². The van der Waals surface area contributed by atoms with E-state index in [0.29, 0.717) is 16.8 Å². The first kappa shape index (κ1) is 22.8. The van der Waals surface area contributed by atoms with Crippen molar-refractivity contribution in [2.24, 2.45) is 5.92 Å². The van der Waals surface area contributed by atoms with Crippen LogP contribution in [0.2, 0.25) is 5.02 Å². The molecule has 2 N–H and O–H groups in total. The van der Waals surface area contributed by atoms with Gasteiger partial charge in [-0.3, -0.25) is 0 Å². The minimum Gasteiger partial charge on any atom is -0.493 e. The zero-order chi connectivity index (χ0) is 23.7. The summed E-state index contributed by atoms with van der Waals surface area (Å²) in [6, 6.07) is 19.7. The molecule has 3 aromatic carbocycles. The Labute approximate surface area is 204 Å². The molecule has 1 aliphatic rings. The van der Waals surface area contributed by atoms with Crippen molar-refractivity contribution < 1.29 is 14.6 Å². The van der Waals surface area contributed by atoms with Crippen molar-refractivity contribution in [2.75, 3.05) is 13.2 Å². The average molecular weight is 477 g/mol. The first-order valence-corrected chi connectivity index (χ1v) is 12.2. The number of rotatable bonds is 9. The molecule has 0 aliphatic heterocycles. The van der Waals surface area contributed by atoms with Crippen LogP contribution in [0.5, 0.6) is 11.5 Å². The number of nitrogens with zero attached hydrogens (tertiary/aromatic N) is 1. The number of nitrogens with one attached hydrogen (secondary N) is 1. The Morgan fingerprint density at radius 3 is 2.53 bits per heavy atom. The van der Waals surface area contributed by atoms with E-state index < -0.39 is 0 Å². The second-order valence-corrected chi connectivity index (χ2v) is 9.60. The molecule has 0 amide bonds. The fourth-order valence-electron chi connectivity index (χ4n) is 4.11. The fourth-order valence-corrected chi connectivity index (χ4v) is 4.38. The van der Waals surface area contributed by atoms with Crippen LogP contribution in [0, 0.1) is 5.92 Å². The molecule has 6 heteroatoms. The fraction of sp³-hybridized carbons (Fsp3) is 0.321. The van der Waals surface area contributed by atoms with Gasteiger partial charge in [0.2, 0.25) is 0 Å². The number of ether oxygens (including phenoxy) is 2. The molecule has 0 saturated heterocycles. The van der Waals surface area contributed by atoms with Crippen molar-refractivity contribution in [3.63, 3.8) is 0 Å². The number of aliphatic hydroxyl groups is 1. The Bertz CT molecular complexity index is 1280. The molecular formula is C28H29ClN2O3. The van der Waals surface area contributed by atoms with Gasteiger partial charge in [-0.1, -0.05) is 41.9 Å².